The second-order valence-electron chi connectivity index (χ2n) is 4.72. The van der Waals surface area contributed by atoms with Crippen LogP contribution in [-0.2, 0) is 0 Å². The Morgan fingerprint density at radius 3 is 3.15 bits per heavy atom. The summed E-state index contributed by atoms with van der Waals surface area (Å²) in [6, 6.07) is 3.47. The lowest BCUT2D eigenvalue weighted by atomic mass is 10.1. The Morgan fingerprint density at radius 2 is 2.40 bits per heavy atom. The van der Waals surface area contributed by atoms with Gasteiger partial charge in [-0.05, 0) is 25.0 Å². The van der Waals surface area contributed by atoms with Gasteiger partial charge in [0.15, 0.2) is 0 Å². The van der Waals surface area contributed by atoms with Crippen LogP contribution in [0.4, 0.5) is 0 Å². The Labute approximate surface area is 118 Å². The lowest BCUT2D eigenvalue weighted by Crippen LogP contribution is -2.42. The molecule has 2 rings (SSSR count). The number of carbonyl (C=O) groups excluding carboxylic acids is 1. The van der Waals surface area contributed by atoms with E-state index in [0.717, 1.165) is 12.8 Å². The number of hydrogen-bond acceptors (Lipinski definition) is 4. The molecule has 0 radical (unpaired) electrons. The summed E-state index contributed by atoms with van der Waals surface area (Å²) in [7, 11) is 0. The SMILES string of the molecule is O=C(c1ncccc1C#CCCO)N1CCCC(O)C1. The van der Waals surface area contributed by atoms with E-state index < -0.39 is 6.10 Å². The zero-order chi connectivity index (χ0) is 14.4. The second-order valence-corrected chi connectivity index (χ2v) is 4.72. The number of pyridine rings is 1. The Balaban J connectivity index is 2.19. The van der Waals surface area contributed by atoms with E-state index in [2.05, 4.69) is 16.8 Å². The number of likely N-dealkylation sites (tertiary alicyclic amines) is 1. The Hall–Kier alpha value is -1.90. The maximum absolute atomic E-state index is 12.4. The summed E-state index contributed by atoms with van der Waals surface area (Å²) in [6.45, 7) is 0.976. The Kier molecular flexibility index (Phi) is 5.10. The van der Waals surface area contributed by atoms with E-state index in [9.17, 15) is 9.90 Å². The average molecular weight is 274 g/mol. The molecule has 20 heavy (non-hydrogen) atoms. The summed E-state index contributed by atoms with van der Waals surface area (Å²) >= 11 is 0. The number of aliphatic hydroxyl groups is 2. The van der Waals surface area contributed by atoms with Crippen LogP contribution in [0.25, 0.3) is 0 Å². The predicted octanol–water partition coefficient (Wildman–Crippen LogP) is 0.412. The summed E-state index contributed by atoms with van der Waals surface area (Å²) in [5.41, 5.74) is 0.873. The van der Waals surface area contributed by atoms with Crippen LogP contribution in [0.15, 0.2) is 18.3 Å². The first-order valence-electron chi connectivity index (χ1n) is 6.74. The first-order valence-corrected chi connectivity index (χ1v) is 6.74. The zero-order valence-electron chi connectivity index (χ0n) is 11.2. The smallest absolute Gasteiger partial charge is 0.273 e. The largest absolute Gasteiger partial charge is 0.395 e. The summed E-state index contributed by atoms with van der Waals surface area (Å²) in [4.78, 5) is 18.2. The van der Waals surface area contributed by atoms with Gasteiger partial charge < -0.3 is 15.1 Å². The molecular weight excluding hydrogens is 256 g/mol. The molecule has 1 aromatic heterocycles. The minimum atomic E-state index is -0.458. The molecule has 1 fully saturated rings. The van der Waals surface area contributed by atoms with Crippen molar-refractivity contribution in [3.8, 4) is 11.8 Å². The number of rotatable bonds is 2. The van der Waals surface area contributed by atoms with E-state index in [0.29, 0.717) is 30.8 Å². The van der Waals surface area contributed by atoms with Crippen LogP contribution >= 0.6 is 0 Å². The molecule has 1 unspecified atom stereocenters. The number of piperidine rings is 1. The normalized spacial score (nSPS) is 18.3. The highest BCUT2D eigenvalue weighted by Gasteiger charge is 2.25. The molecule has 2 heterocycles. The van der Waals surface area contributed by atoms with Crippen molar-refractivity contribution in [1.29, 1.82) is 0 Å². The van der Waals surface area contributed by atoms with Crippen LogP contribution in [-0.4, -0.2) is 51.8 Å². The van der Waals surface area contributed by atoms with Crippen molar-refractivity contribution in [2.75, 3.05) is 19.7 Å². The van der Waals surface area contributed by atoms with Crippen LogP contribution in [0.3, 0.4) is 0 Å². The number of carbonyl (C=O) groups is 1. The molecule has 1 saturated heterocycles. The van der Waals surface area contributed by atoms with E-state index in [1.165, 1.54) is 0 Å². The predicted molar refractivity (Wildman–Crippen MR) is 74.0 cm³/mol. The summed E-state index contributed by atoms with van der Waals surface area (Å²) < 4.78 is 0. The third kappa shape index (κ3) is 3.56. The second kappa shape index (κ2) is 7.04. The van der Waals surface area contributed by atoms with E-state index in [1.807, 2.05) is 0 Å². The highest BCUT2D eigenvalue weighted by atomic mass is 16.3. The number of aliphatic hydroxyl groups excluding tert-OH is 2. The lowest BCUT2D eigenvalue weighted by Gasteiger charge is -2.30. The van der Waals surface area contributed by atoms with Gasteiger partial charge in [0.05, 0.1) is 18.3 Å². The van der Waals surface area contributed by atoms with Gasteiger partial charge in [-0.25, -0.2) is 4.98 Å². The van der Waals surface area contributed by atoms with Gasteiger partial charge in [-0.1, -0.05) is 11.8 Å². The molecule has 1 aliphatic rings. The molecule has 1 atom stereocenters. The summed E-state index contributed by atoms with van der Waals surface area (Å²) in [5.74, 6) is 5.46. The van der Waals surface area contributed by atoms with Gasteiger partial charge in [-0.3, -0.25) is 4.79 Å². The van der Waals surface area contributed by atoms with Gasteiger partial charge in [0.2, 0.25) is 0 Å². The number of hydrogen-bond donors (Lipinski definition) is 2. The third-order valence-corrected chi connectivity index (χ3v) is 3.15. The molecule has 1 amide bonds. The zero-order valence-corrected chi connectivity index (χ0v) is 11.2. The van der Waals surface area contributed by atoms with E-state index >= 15 is 0 Å². The summed E-state index contributed by atoms with van der Waals surface area (Å²) in [5, 5.41) is 18.4. The van der Waals surface area contributed by atoms with Crippen molar-refractivity contribution in [3.63, 3.8) is 0 Å². The van der Waals surface area contributed by atoms with Crippen molar-refractivity contribution in [2.45, 2.75) is 25.4 Å². The minimum Gasteiger partial charge on any atom is -0.395 e. The van der Waals surface area contributed by atoms with Gasteiger partial charge in [-0.2, -0.15) is 0 Å². The monoisotopic (exact) mass is 274 g/mol. The van der Waals surface area contributed by atoms with Crippen LogP contribution in [0.1, 0.15) is 35.3 Å². The minimum absolute atomic E-state index is 0.00510. The van der Waals surface area contributed by atoms with Crippen molar-refractivity contribution in [3.05, 3.63) is 29.6 Å². The Bertz CT molecular complexity index is 533. The van der Waals surface area contributed by atoms with E-state index in [-0.39, 0.29) is 12.5 Å². The van der Waals surface area contributed by atoms with E-state index in [1.54, 1.807) is 23.2 Å². The van der Waals surface area contributed by atoms with Gasteiger partial charge in [0.25, 0.3) is 5.91 Å². The third-order valence-electron chi connectivity index (χ3n) is 3.15. The standard InChI is InChI=1S/C15H18N2O3/c18-10-2-1-5-12-6-3-8-16-14(12)15(20)17-9-4-7-13(19)11-17/h3,6,8,13,18-19H,2,4,7,9-11H2. The number of aromatic nitrogens is 1. The lowest BCUT2D eigenvalue weighted by molar-refractivity contribution is 0.0468. The Morgan fingerprint density at radius 1 is 1.55 bits per heavy atom. The molecule has 1 aromatic rings. The topological polar surface area (TPSA) is 73.7 Å². The fourth-order valence-corrected chi connectivity index (χ4v) is 2.18. The van der Waals surface area contributed by atoms with E-state index in [4.69, 9.17) is 5.11 Å². The van der Waals surface area contributed by atoms with Crippen molar-refractivity contribution in [1.82, 2.24) is 9.88 Å². The fourth-order valence-electron chi connectivity index (χ4n) is 2.18. The molecule has 5 heteroatoms. The molecule has 0 spiro atoms. The molecular formula is C15H18N2O3. The molecule has 0 aliphatic carbocycles. The van der Waals surface area contributed by atoms with Gasteiger partial charge in [0, 0.05) is 25.7 Å². The van der Waals surface area contributed by atoms with Crippen LogP contribution in [0.2, 0.25) is 0 Å². The van der Waals surface area contributed by atoms with Crippen molar-refractivity contribution < 1.29 is 15.0 Å². The first-order chi connectivity index (χ1) is 9.72. The first kappa shape index (κ1) is 14.5. The van der Waals surface area contributed by atoms with Gasteiger partial charge >= 0.3 is 0 Å². The van der Waals surface area contributed by atoms with Crippen molar-refractivity contribution in [2.24, 2.45) is 0 Å². The van der Waals surface area contributed by atoms with Crippen LogP contribution < -0.4 is 0 Å². The van der Waals surface area contributed by atoms with Crippen LogP contribution in [0.5, 0.6) is 0 Å². The van der Waals surface area contributed by atoms with Gasteiger partial charge in [0.1, 0.15) is 5.69 Å². The number of β-amino-alcohol motifs (C(OH)–C–C–N with tert-alkyl or cyclic N) is 1. The van der Waals surface area contributed by atoms with Crippen LogP contribution in [0, 0.1) is 11.8 Å². The molecule has 2 N–H and O–H groups in total. The highest BCUT2D eigenvalue weighted by Crippen LogP contribution is 2.14. The maximum Gasteiger partial charge on any atom is 0.273 e. The van der Waals surface area contributed by atoms with Gasteiger partial charge in [-0.15, -0.1) is 0 Å². The molecule has 0 aromatic carbocycles. The molecule has 5 nitrogen and oxygen atoms in total. The molecule has 106 valence electrons. The molecule has 0 bridgehead atoms. The highest BCUT2D eigenvalue weighted by molar-refractivity contribution is 5.94. The number of amides is 1. The maximum atomic E-state index is 12.4. The molecule has 0 saturated carbocycles. The number of nitrogens with zero attached hydrogens (tertiary/aromatic N) is 2. The quantitative estimate of drug-likeness (QED) is 0.766. The van der Waals surface area contributed by atoms with Crippen molar-refractivity contribution >= 4 is 5.91 Å². The molecule has 1 aliphatic heterocycles. The summed E-state index contributed by atoms with van der Waals surface area (Å²) in [6.07, 6.45) is 3.00. The fraction of sp³-hybridized carbons (Fsp3) is 0.467. The average Bonchev–Trinajstić information content (AvgIpc) is 2.47.